The Hall–Kier alpha value is -1.22. The van der Waals surface area contributed by atoms with Crippen LogP contribution in [-0.4, -0.2) is 19.4 Å². The molecule has 0 rings (SSSR count). The van der Waals surface area contributed by atoms with Crippen LogP contribution in [0.5, 0.6) is 0 Å². The molecule has 0 aliphatic rings. The van der Waals surface area contributed by atoms with Gasteiger partial charge < -0.3 is 5.73 Å². The van der Waals surface area contributed by atoms with E-state index in [9.17, 15) is 8.78 Å². The summed E-state index contributed by atoms with van der Waals surface area (Å²) in [6.45, 7) is 6.34. The normalized spacial score (nSPS) is 14.7. The molecule has 19 heavy (non-hydrogen) atoms. The van der Waals surface area contributed by atoms with Crippen molar-refractivity contribution >= 4 is 0 Å². The topological polar surface area (TPSA) is 26.0 Å². The molecule has 0 saturated heterocycles. The molecule has 0 saturated carbocycles. The summed E-state index contributed by atoms with van der Waals surface area (Å²) < 4.78 is 25.1. The molecular weight excluding hydrogens is 244 g/mol. The van der Waals surface area contributed by atoms with E-state index in [0.717, 1.165) is 11.1 Å². The first kappa shape index (κ1) is 17.8. The number of hydrogen-bond acceptors (Lipinski definition) is 1. The average Bonchev–Trinajstić information content (AvgIpc) is 2.37. The molecule has 0 aromatic carbocycles. The number of allylic oxidation sites excluding steroid dienone is 5. The Morgan fingerprint density at radius 1 is 1.26 bits per heavy atom. The van der Waals surface area contributed by atoms with Gasteiger partial charge in [-0.25, -0.2) is 0 Å². The van der Waals surface area contributed by atoms with E-state index >= 15 is 0 Å². The van der Waals surface area contributed by atoms with Crippen molar-refractivity contribution in [3.05, 3.63) is 48.1 Å². The summed E-state index contributed by atoms with van der Waals surface area (Å²) in [5.74, 6) is -0.571. The molecule has 0 bridgehead atoms. The highest BCUT2D eigenvalue weighted by molar-refractivity contribution is 5.25. The van der Waals surface area contributed by atoms with Crippen LogP contribution in [-0.2, 0) is 0 Å². The lowest BCUT2D eigenvalue weighted by Crippen LogP contribution is -2.16. The first-order valence-electron chi connectivity index (χ1n) is 6.55. The van der Waals surface area contributed by atoms with Crippen molar-refractivity contribution < 1.29 is 8.78 Å². The predicted octanol–water partition coefficient (Wildman–Crippen LogP) is 4.28. The zero-order valence-corrected chi connectivity index (χ0v) is 11.9. The van der Waals surface area contributed by atoms with Crippen LogP contribution in [0.3, 0.4) is 0 Å². The molecule has 0 spiro atoms. The molecular formula is C16H25F2N. The van der Waals surface area contributed by atoms with Gasteiger partial charge in [-0.3, -0.25) is 8.78 Å². The van der Waals surface area contributed by atoms with Gasteiger partial charge in [0.1, 0.15) is 0 Å². The maximum atomic E-state index is 12.6. The van der Waals surface area contributed by atoms with E-state index < -0.39 is 19.3 Å². The number of halogens is 2. The third-order valence-electron chi connectivity index (χ3n) is 2.61. The van der Waals surface area contributed by atoms with Gasteiger partial charge in [-0.15, -0.1) is 6.58 Å². The van der Waals surface area contributed by atoms with E-state index in [-0.39, 0.29) is 6.04 Å². The van der Waals surface area contributed by atoms with E-state index in [1.165, 1.54) is 0 Å². The van der Waals surface area contributed by atoms with Crippen molar-refractivity contribution in [2.45, 2.75) is 32.7 Å². The second-order valence-corrected chi connectivity index (χ2v) is 4.83. The van der Waals surface area contributed by atoms with Gasteiger partial charge in [-0.05, 0) is 32.3 Å². The molecule has 0 fully saturated rings. The smallest absolute Gasteiger partial charge is 0.0950 e. The van der Waals surface area contributed by atoms with E-state index in [0.29, 0.717) is 12.8 Å². The van der Waals surface area contributed by atoms with Gasteiger partial charge in [0.05, 0.1) is 13.3 Å². The molecule has 108 valence electrons. The molecule has 0 heterocycles. The Labute approximate surface area is 115 Å². The highest BCUT2D eigenvalue weighted by Gasteiger charge is 2.09. The molecule has 0 aliphatic heterocycles. The lowest BCUT2D eigenvalue weighted by atomic mass is 9.99. The Morgan fingerprint density at radius 2 is 1.89 bits per heavy atom. The SMILES string of the molecule is C=C(C)CC(N)/C=C/C(=C\C=C/C)CC(CF)CF. The molecule has 0 amide bonds. The molecule has 1 nitrogen and oxygen atoms in total. The van der Waals surface area contributed by atoms with E-state index in [1.807, 2.05) is 44.2 Å². The van der Waals surface area contributed by atoms with Gasteiger partial charge in [0.2, 0.25) is 0 Å². The monoisotopic (exact) mass is 269 g/mol. The van der Waals surface area contributed by atoms with Crippen molar-refractivity contribution in [2.24, 2.45) is 11.7 Å². The Bertz CT molecular complexity index is 339. The van der Waals surface area contributed by atoms with Gasteiger partial charge in [0, 0.05) is 12.0 Å². The maximum Gasteiger partial charge on any atom is 0.0950 e. The molecule has 1 unspecified atom stereocenters. The number of rotatable bonds is 9. The van der Waals surface area contributed by atoms with Crippen molar-refractivity contribution in [1.82, 2.24) is 0 Å². The molecule has 3 heteroatoms. The minimum absolute atomic E-state index is 0.110. The van der Waals surface area contributed by atoms with Gasteiger partial charge in [0.25, 0.3) is 0 Å². The Balaban J connectivity index is 4.68. The van der Waals surface area contributed by atoms with Crippen LogP contribution in [0.1, 0.15) is 26.7 Å². The van der Waals surface area contributed by atoms with Gasteiger partial charge in [-0.2, -0.15) is 0 Å². The lowest BCUT2D eigenvalue weighted by Gasteiger charge is -2.10. The standard InChI is InChI=1S/C16H25F2N/c1-4-5-6-14(10-15(11-17)12-18)7-8-16(19)9-13(2)3/h4-8,15-16H,2,9-12,19H2,1,3H3/b5-4-,8-7+,14-6+. The van der Waals surface area contributed by atoms with Crippen LogP contribution in [0.4, 0.5) is 8.78 Å². The largest absolute Gasteiger partial charge is 0.324 e. The third kappa shape index (κ3) is 9.37. The molecule has 1 atom stereocenters. The summed E-state index contributed by atoms with van der Waals surface area (Å²) >= 11 is 0. The fraction of sp³-hybridized carbons (Fsp3) is 0.500. The lowest BCUT2D eigenvalue weighted by molar-refractivity contribution is 0.288. The zero-order valence-electron chi connectivity index (χ0n) is 11.9. The minimum atomic E-state index is -0.644. The molecule has 2 N–H and O–H groups in total. The van der Waals surface area contributed by atoms with E-state index in [4.69, 9.17) is 5.73 Å². The number of hydrogen-bond donors (Lipinski definition) is 1. The quantitative estimate of drug-likeness (QED) is 0.490. The van der Waals surface area contributed by atoms with Crippen molar-refractivity contribution in [2.75, 3.05) is 13.3 Å². The van der Waals surface area contributed by atoms with Crippen LogP contribution in [0, 0.1) is 5.92 Å². The van der Waals surface area contributed by atoms with Crippen LogP contribution in [0.2, 0.25) is 0 Å². The second kappa shape index (κ2) is 10.7. The second-order valence-electron chi connectivity index (χ2n) is 4.83. The summed E-state index contributed by atoms with van der Waals surface area (Å²) in [5.41, 5.74) is 7.81. The number of alkyl halides is 2. The third-order valence-corrected chi connectivity index (χ3v) is 2.61. The first-order chi connectivity index (χ1) is 9.03. The van der Waals surface area contributed by atoms with E-state index in [1.54, 1.807) is 0 Å². The summed E-state index contributed by atoms with van der Waals surface area (Å²) in [7, 11) is 0. The van der Waals surface area contributed by atoms with Crippen molar-refractivity contribution in [1.29, 1.82) is 0 Å². The summed E-state index contributed by atoms with van der Waals surface area (Å²) in [6.07, 6.45) is 10.4. The van der Waals surface area contributed by atoms with Crippen LogP contribution >= 0.6 is 0 Å². The fourth-order valence-electron chi connectivity index (χ4n) is 1.61. The zero-order chi connectivity index (χ0) is 14.7. The Kier molecular flexibility index (Phi) is 9.99. The highest BCUT2D eigenvalue weighted by Crippen LogP contribution is 2.15. The first-order valence-corrected chi connectivity index (χ1v) is 6.55. The van der Waals surface area contributed by atoms with Crippen LogP contribution in [0.15, 0.2) is 48.1 Å². The summed E-state index contributed by atoms with van der Waals surface area (Å²) in [5, 5.41) is 0. The molecule has 0 aliphatic carbocycles. The minimum Gasteiger partial charge on any atom is -0.324 e. The number of nitrogens with two attached hydrogens (primary N) is 1. The predicted molar refractivity (Wildman–Crippen MR) is 79.5 cm³/mol. The van der Waals surface area contributed by atoms with Gasteiger partial charge in [-0.1, -0.05) is 36.0 Å². The molecule has 0 radical (unpaired) electrons. The molecule has 0 aromatic rings. The molecule has 0 aromatic heterocycles. The van der Waals surface area contributed by atoms with Gasteiger partial charge >= 0.3 is 0 Å². The van der Waals surface area contributed by atoms with Crippen molar-refractivity contribution in [3.63, 3.8) is 0 Å². The van der Waals surface area contributed by atoms with Gasteiger partial charge in [0.15, 0.2) is 0 Å². The Morgan fingerprint density at radius 3 is 2.37 bits per heavy atom. The maximum absolute atomic E-state index is 12.6. The average molecular weight is 269 g/mol. The van der Waals surface area contributed by atoms with Crippen molar-refractivity contribution in [3.8, 4) is 0 Å². The van der Waals surface area contributed by atoms with E-state index in [2.05, 4.69) is 6.58 Å². The van der Waals surface area contributed by atoms with Crippen LogP contribution < -0.4 is 5.73 Å². The fourth-order valence-corrected chi connectivity index (χ4v) is 1.61. The summed E-state index contributed by atoms with van der Waals surface area (Å²) in [4.78, 5) is 0. The summed E-state index contributed by atoms with van der Waals surface area (Å²) in [6, 6.07) is -0.110. The van der Waals surface area contributed by atoms with Crippen LogP contribution in [0.25, 0.3) is 0 Å². The highest BCUT2D eigenvalue weighted by atomic mass is 19.1.